The minimum atomic E-state index is -0.314. The van der Waals surface area contributed by atoms with E-state index < -0.39 is 0 Å². The topological polar surface area (TPSA) is 81.1 Å². The molecule has 0 aliphatic carbocycles. The number of rotatable bonds is 6. The molecule has 1 unspecified atom stereocenters. The molecule has 0 aliphatic rings. The molecule has 0 spiro atoms. The van der Waals surface area contributed by atoms with Crippen molar-refractivity contribution in [2.75, 3.05) is 5.32 Å². The summed E-state index contributed by atoms with van der Waals surface area (Å²) in [6.07, 6.45) is 4.20. The molecule has 1 atom stereocenters. The molecule has 2 rings (SSSR count). The predicted molar refractivity (Wildman–Crippen MR) is 85.1 cm³/mol. The number of hydrogen-bond donors (Lipinski definition) is 2. The average Bonchev–Trinajstić information content (AvgIpc) is 2.94. The highest BCUT2D eigenvalue weighted by atomic mass is 79.9. The van der Waals surface area contributed by atoms with Crippen LogP contribution in [0.1, 0.15) is 48.6 Å². The Balaban J connectivity index is 2.02. The Morgan fingerprint density at radius 3 is 3.05 bits per heavy atom. The Hall–Kier alpha value is -1.66. The van der Waals surface area contributed by atoms with Gasteiger partial charge in [0.15, 0.2) is 5.69 Å². The number of oxazole rings is 1. The maximum atomic E-state index is 12.1. The van der Waals surface area contributed by atoms with Crippen LogP contribution in [-0.2, 0) is 0 Å². The molecule has 1 aromatic heterocycles. The smallest absolute Gasteiger partial charge is 0.277 e. The largest absolute Gasteiger partial charge is 0.446 e. The van der Waals surface area contributed by atoms with Crippen LogP contribution in [-0.4, -0.2) is 10.9 Å². The second-order valence-corrected chi connectivity index (χ2v) is 5.70. The molecular weight excluding hydrogens is 334 g/mol. The van der Waals surface area contributed by atoms with Crippen LogP contribution < -0.4 is 11.1 Å². The third-order valence-electron chi connectivity index (χ3n) is 3.02. The number of carbonyl (C=O) groups is 1. The van der Waals surface area contributed by atoms with E-state index in [9.17, 15) is 4.79 Å². The highest BCUT2D eigenvalue weighted by Gasteiger charge is 2.16. The van der Waals surface area contributed by atoms with E-state index in [0.29, 0.717) is 11.6 Å². The van der Waals surface area contributed by atoms with Crippen molar-refractivity contribution in [3.63, 3.8) is 0 Å². The molecule has 0 saturated carbocycles. The fourth-order valence-corrected chi connectivity index (χ4v) is 2.27. The normalized spacial score (nSPS) is 12.1. The zero-order valence-electron chi connectivity index (χ0n) is 11.8. The molecule has 2 aromatic rings. The zero-order chi connectivity index (χ0) is 15.2. The van der Waals surface area contributed by atoms with Crippen LogP contribution in [0.2, 0.25) is 0 Å². The van der Waals surface area contributed by atoms with Crippen molar-refractivity contribution >= 4 is 27.5 Å². The van der Waals surface area contributed by atoms with E-state index in [1.165, 1.54) is 6.26 Å². The van der Waals surface area contributed by atoms with E-state index in [1.54, 1.807) is 6.07 Å². The van der Waals surface area contributed by atoms with Gasteiger partial charge in [-0.3, -0.25) is 4.79 Å². The Bertz CT molecular complexity index is 612. The maximum Gasteiger partial charge on any atom is 0.277 e. The standard InChI is InChI=1S/C15H18BrN3O2/c1-2-3-7-12(17)15-19-13(9-21-15)14(20)18-11-6-4-5-10(16)8-11/h4-6,8-9,12H,2-3,7,17H2,1H3,(H,18,20). The monoisotopic (exact) mass is 351 g/mol. The van der Waals surface area contributed by atoms with Gasteiger partial charge in [-0.25, -0.2) is 4.98 Å². The summed E-state index contributed by atoms with van der Waals surface area (Å²) in [5, 5.41) is 2.76. The summed E-state index contributed by atoms with van der Waals surface area (Å²) in [5.41, 5.74) is 6.90. The summed E-state index contributed by atoms with van der Waals surface area (Å²) >= 11 is 3.35. The van der Waals surface area contributed by atoms with Gasteiger partial charge in [-0.1, -0.05) is 41.8 Å². The number of hydrogen-bond acceptors (Lipinski definition) is 4. The number of aromatic nitrogens is 1. The van der Waals surface area contributed by atoms with Gasteiger partial charge in [0.1, 0.15) is 6.26 Å². The lowest BCUT2D eigenvalue weighted by Gasteiger charge is -2.05. The first-order valence-electron chi connectivity index (χ1n) is 6.88. The summed E-state index contributed by atoms with van der Waals surface area (Å²) in [5.74, 6) is 0.0913. The number of amides is 1. The molecule has 0 bridgehead atoms. The van der Waals surface area contributed by atoms with Gasteiger partial charge in [0.05, 0.1) is 6.04 Å². The lowest BCUT2D eigenvalue weighted by molar-refractivity contribution is 0.102. The molecule has 112 valence electrons. The molecule has 1 aromatic carbocycles. The number of nitrogens with zero attached hydrogens (tertiary/aromatic N) is 1. The van der Waals surface area contributed by atoms with Crippen LogP contribution >= 0.6 is 15.9 Å². The van der Waals surface area contributed by atoms with Crippen molar-refractivity contribution in [1.29, 1.82) is 0 Å². The molecule has 6 heteroatoms. The zero-order valence-corrected chi connectivity index (χ0v) is 13.4. The first kappa shape index (κ1) is 15.7. The van der Waals surface area contributed by atoms with Crippen molar-refractivity contribution in [2.24, 2.45) is 5.73 Å². The molecule has 5 nitrogen and oxygen atoms in total. The third kappa shape index (κ3) is 4.41. The molecule has 0 saturated heterocycles. The van der Waals surface area contributed by atoms with Gasteiger partial charge in [-0.2, -0.15) is 0 Å². The third-order valence-corrected chi connectivity index (χ3v) is 3.52. The summed E-state index contributed by atoms with van der Waals surface area (Å²) in [7, 11) is 0. The Morgan fingerprint density at radius 1 is 1.52 bits per heavy atom. The molecular formula is C15H18BrN3O2. The molecule has 0 fully saturated rings. The Labute approximate surface area is 132 Å². The number of nitrogens with two attached hydrogens (primary N) is 1. The van der Waals surface area contributed by atoms with Crippen molar-refractivity contribution in [3.8, 4) is 0 Å². The van der Waals surface area contributed by atoms with Gasteiger partial charge in [0, 0.05) is 10.2 Å². The number of carbonyl (C=O) groups excluding carboxylic acids is 1. The first-order valence-corrected chi connectivity index (χ1v) is 7.67. The Morgan fingerprint density at radius 2 is 2.33 bits per heavy atom. The molecule has 0 aliphatic heterocycles. The summed E-state index contributed by atoms with van der Waals surface area (Å²) in [6.45, 7) is 2.10. The van der Waals surface area contributed by atoms with Gasteiger partial charge in [-0.05, 0) is 24.6 Å². The fraction of sp³-hybridized carbons (Fsp3) is 0.333. The van der Waals surface area contributed by atoms with Gasteiger partial charge in [-0.15, -0.1) is 0 Å². The van der Waals surface area contributed by atoms with Crippen LogP contribution in [0.5, 0.6) is 0 Å². The van der Waals surface area contributed by atoms with Crippen LogP contribution in [0.15, 0.2) is 39.4 Å². The van der Waals surface area contributed by atoms with Crippen LogP contribution in [0.3, 0.4) is 0 Å². The van der Waals surface area contributed by atoms with E-state index in [0.717, 1.165) is 23.7 Å². The Kier molecular flexibility index (Phi) is 5.52. The second kappa shape index (κ2) is 7.38. The van der Waals surface area contributed by atoms with E-state index in [-0.39, 0.29) is 17.6 Å². The first-order chi connectivity index (χ1) is 10.1. The quantitative estimate of drug-likeness (QED) is 0.827. The van der Waals surface area contributed by atoms with Crippen molar-refractivity contribution < 1.29 is 9.21 Å². The molecule has 1 amide bonds. The molecule has 0 radical (unpaired) electrons. The lowest BCUT2D eigenvalue weighted by Crippen LogP contribution is -2.14. The van der Waals surface area contributed by atoms with Gasteiger partial charge in [0.2, 0.25) is 5.89 Å². The minimum Gasteiger partial charge on any atom is -0.446 e. The highest BCUT2D eigenvalue weighted by Crippen LogP contribution is 2.18. The number of unbranched alkanes of at least 4 members (excludes halogenated alkanes) is 1. The number of anilines is 1. The van der Waals surface area contributed by atoms with Crippen molar-refractivity contribution in [3.05, 3.63) is 46.6 Å². The lowest BCUT2D eigenvalue weighted by atomic mass is 10.1. The van der Waals surface area contributed by atoms with Crippen molar-refractivity contribution in [1.82, 2.24) is 4.98 Å². The van der Waals surface area contributed by atoms with E-state index >= 15 is 0 Å². The number of benzene rings is 1. The van der Waals surface area contributed by atoms with Crippen LogP contribution in [0, 0.1) is 0 Å². The van der Waals surface area contributed by atoms with Gasteiger partial charge in [0.25, 0.3) is 5.91 Å². The minimum absolute atomic E-state index is 0.233. The molecule has 21 heavy (non-hydrogen) atoms. The van der Waals surface area contributed by atoms with Gasteiger partial charge < -0.3 is 15.5 Å². The second-order valence-electron chi connectivity index (χ2n) is 4.78. The van der Waals surface area contributed by atoms with Crippen LogP contribution in [0.4, 0.5) is 5.69 Å². The molecule has 1 heterocycles. The number of halogens is 1. The number of nitrogens with one attached hydrogen (secondary N) is 1. The maximum absolute atomic E-state index is 12.1. The van der Waals surface area contributed by atoms with E-state index in [2.05, 4.69) is 33.2 Å². The van der Waals surface area contributed by atoms with E-state index in [1.807, 2.05) is 18.2 Å². The predicted octanol–water partition coefficient (Wildman–Crippen LogP) is 3.88. The van der Waals surface area contributed by atoms with Crippen LogP contribution in [0.25, 0.3) is 0 Å². The summed E-state index contributed by atoms with van der Waals surface area (Å²) in [6, 6.07) is 7.07. The average molecular weight is 352 g/mol. The fourth-order valence-electron chi connectivity index (χ4n) is 1.87. The van der Waals surface area contributed by atoms with E-state index in [4.69, 9.17) is 10.2 Å². The van der Waals surface area contributed by atoms with Gasteiger partial charge >= 0.3 is 0 Å². The SMILES string of the molecule is CCCCC(N)c1nc(C(=O)Nc2cccc(Br)c2)co1. The van der Waals surface area contributed by atoms with Crippen molar-refractivity contribution in [2.45, 2.75) is 32.2 Å². The summed E-state index contributed by atoms with van der Waals surface area (Å²) in [4.78, 5) is 16.3. The molecule has 3 N–H and O–H groups in total. The highest BCUT2D eigenvalue weighted by molar-refractivity contribution is 9.10. The summed E-state index contributed by atoms with van der Waals surface area (Å²) < 4.78 is 6.19.